The Morgan fingerprint density at radius 2 is 2.05 bits per heavy atom. The third kappa shape index (κ3) is 3.08. The van der Waals surface area contributed by atoms with Crippen LogP contribution in [0.3, 0.4) is 0 Å². The summed E-state index contributed by atoms with van der Waals surface area (Å²) in [5.41, 5.74) is 3.63. The van der Waals surface area contributed by atoms with Gasteiger partial charge in [0.05, 0.1) is 0 Å². The van der Waals surface area contributed by atoms with Crippen LogP contribution in [-0.2, 0) is 6.54 Å². The predicted octanol–water partition coefficient (Wildman–Crippen LogP) is 3.89. The standard InChI is InChI=1S/C18H21FN2/c1-2-20-17-10-11-21(18-9-4-3-8-16(17)18)13-14-6-5-7-15(19)12-14/h3-9,12,17,20H,2,10-11,13H2,1H3. The van der Waals surface area contributed by atoms with E-state index in [0.29, 0.717) is 6.04 Å². The maximum absolute atomic E-state index is 13.4. The Hall–Kier alpha value is -1.87. The molecule has 0 bridgehead atoms. The van der Waals surface area contributed by atoms with E-state index in [9.17, 15) is 4.39 Å². The van der Waals surface area contributed by atoms with Gasteiger partial charge in [0.15, 0.2) is 0 Å². The average Bonchev–Trinajstić information content (AvgIpc) is 2.50. The lowest BCUT2D eigenvalue weighted by atomic mass is 9.96. The van der Waals surface area contributed by atoms with E-state index in [1.165, 1.54) is 17.3 Å². The van der Waals surface area contributed by atoms with Crippen molar-refractivity contribution in [2.24, 2.45) is 0 Å². The molecule has 2 aromatic carbocycles. The van der Waals surface area contributed by atoms with Crippen molar-refractivity contribution in [1.29, 1.82) is 0 Å². The van der Waals surface area contributed by atoms with Crippen molar-refractivity contribution >= 4 is 5.69 Å². The highest BCUT2D eigenvalue weighted by Crippen LogP contribution is 2.34. The van der Waals surface area contributed by atoms with Crippen LogP contribution in [0.5, 0.6) is 0 Å². The Labute approximate surface area is 125 Å². The largest absolute Gasteiger partial charge is 0.367 e. The second kappa shape index (κ2) is 6.27. The van der Waals surface area contributed by atoms with E-state index in [1.54, 1.807) is 12.1 Å². The first kappa shape index (κ1) is 14.1. The second-order valence-corrected chi connectivity index (χ2v) is 5.51. The third-order valence-electron chi connectivity index (χ3n) is 4.05. The van der Waals surface area contributed by atoms with E-state index in [2.05, 4.69) is 41.4 Å². The van der Waals surface area contributed by atoms with Gasteiger partial charge in [-0.25, -0.2) is 4.39 Å². The molecule has 3 heteroatoms. The number of benzene rings is 2. The topological polar surface area (TPSA) is 15.3 Å². The molecule has 0 radical (unpaired) electrons. The molecule has 0 fully saturated rings. The number of anilines is 1. The van der Waals surface area contributed by atoms with Gasteiger partial charge in [-0.15, -0.1) is 0 Å². The second-order valence-electron chi connectivity index (χ2n) is 5.51. The fourth-order valence-corrected chi connectivity index (χ4v) is 3.11. The quantitative estimate of drug-likeness (QED) is 0.916. The number of hydrogen-bond acceptors (Lipinski definition) is 2. The Balaban J connectivity index is 1.85. The van der Waals surface area contributed by atoms with Crippen molar-refractivity contribution in [2.45, 2.75) is 25.9 Å². The first-order valence-electron chi connectivity index (χ1n) is 7.59. The Morgan fingerprint density at radius 1 is 1.19 bits per heavy atom. The molecule has 0 spiro atoms. The zero-order chi connectivity index (χ0) is 14.7. The number of para-hydroxylation sites is 1. The number of nitrogens with zero attached hydrogens (tertiary/aromatic N) is 1. The lowest BCUT2D eigenvalue weighted by molar-refractivity contribution is 0.489. The Bertz CT molecular complexity index is 612. The van der Waals surface area contributed by atoms with Gasteiger partial charge in [0, 0.05) is 24.8 Å². The van der Waals surface area contributed by atoms with Gasteiger partial charge in [0.1, 0.15) is 5.82 Å². The molecule has 1 aliphatic rings. The molecule has 0 aliphatic carbocycles. The maximum atomic E-state index is 13.4. The molecule has 1 N–H and O–H groups in total. The smallest absolute Gasteiger partial charge is 0.123 e. The Kier molecular flexibility index (Phi) is 4.20. The molecule has 3 rings (SSSR count). The highest BCUT2D eigenvalue weighted by atomic mass is 19.1. The molecule has 1 aliphatic heterocycles. The summed E-state index contributed by atoms with van der Waals surface area (Å²) in [6, 6.07) is 15.8. The fourth-order valence-electron chi connectivity index (χ4n) is 3.11. The number of nitrogens with one attached hydrogen (secondary N) is 1. The van der Waals surface area contributed by atoms with Crippen LogP contribution in [-0.4, -0.2) is 13.1 Å². The van der Waals surface area contributed by atoms with Crippen molar-refractivity contribution in [3.8, 4) is 0 Å². The molecule has 2 aromatic rings. The zero-order valence-electron chi connectivity index (χ0n) is 12.3. The molecule has 1 unspecified atom stereocenters. The Morgan fingerprint density at radius 3 is 2.86 bits per heavy atom. The van der Waals surface area contributed by atoms with Gasteiger partial charge >= 0.3 is 0 Å². The van der Waals surface area contributed by atoms with E-state index in [-0.39, 0.29) is 5.82 Å². The molecule has 0 saturated carbocycles. The number of halogens is 1. The molecule has 0 amide bonds. The van der Waals surface area contributed by atoms with Crippen LogP contribution in [0.15, 0.2) is 48.5 Å². The van der Waals surface area contributed by atoms with E-state index < -0.39 is 0 Å². The van der Waals surface area contributed by atoms with Crippen LogP contribution in [0.2, 0.25) is 0 Å². The summed E-state index contributed by atoms with van der Waals surface area (Å²) < 4.78 is 13.4. The molecule has 2 nitrogen and oxygen atoms in total. The van der Waals surface area contributed by atoms with Crippen LogP contribution >= 0.6 is 0 Å². The SMILES string of the molecule is CCNC1CCN(Cc2cccc(F)c2)c2ccccc21. The molecule has 110 valence electrons. The van der Waals surface area contributed by atoms with Gasteiger partial charge in [-0.3, -0.25) is 0 Å². The highest BCUT2D eigenvalue weighted by Gasteiger charge is 2.23. The molecule has 1 atom stereocenters. The van der Waals surface area contributed by atoms with Gasteiger partial charge < -0.3 is 10.2 Å². The van der Waals surface area contributed by atoms with Crippen LogP contribution in [0.4, 0.5) is 10.1 Å². The molecule has 0 saturated heterocycles. The normalized spacial score (nSPS) is 17.6. The summed E-state index contributed by atoms with van der Waals surface area (Å²) in [7, 11) is 0. The zero-order valence-corrected chi connectivity index (χ0v) is 12.3. The summed E-state index contributed by atoms with van der Waals surface area (Å²) in [4.78, 5) is 2.35. The van der Waals surface area contributed by atoms with Gasteiger partial charge in [-0.2, -0.15) is 0 Å². The molecular formula is C18H21FN2. The average molecular weight is 284 g/mol. The van der Waals surface area contributed by atoms with Crippen molar-refractivity contribution in [3.05, 3.63) is 65.5 Å². The summed E-state index contributed by atoms with van der Waals surface area (Å²) in [5.74, 6) is -0.164. The molecular weight excluding hydrogens is 263 g/mol. The monoisotopic (exact) mass is 284 g/mol. The summed E-state index contributed by atoms with van der Waals surface area (Å²) >= 11 is 0. The molecule has 0 aromatic heterocycles. The predicted molar refractivity (Wildman–Crippen MR) is 84.9 cm³/mol. The summed E-state index contributed by atoms with van der Waals surface area (Å²) in [6.45, 7) is 4.86. The van der Waals surface area contributed by atoms with Gasteiger partial charge in [-0.05, 0) is 42.3 Å². The minimum atomic E-state index is -0.164. The molecule has 1 heterocycles. The van der Waals surface area contributed by atoms with Crippen LogP contribution in [0, 0.1) is 5.82 Å². The highest BCUT2D eigenvalue weighted by molar-refractivity contribution is 5.57. The van der Waals surface area contributed by atoms with Crippen LogP contribution in [0.1, 0.15) is 30.5 Å². The first-order valence-corrected chi connectivity index (χ1v) is 7.59. The van der Waals surface area contributed by atoms with Crippen molar-refractivity contribution in [1.82, 2.24) is 5.32 Å². The fraction of sp³-hybridized carbons (Fsp3) is 0.333. The van der Waals surface area contributed by atoms with E-state index in [4.69, 9.17) is 0 Å². The summed E-state index contributed by atoms with van der Waals surface area (Å²) in [5, 5.41) is 3.55. The minimum absolute atomic E-state index is 0.164. The minimum Gasteiger partial charge on any atom is -0.367 e. The maximum Gasteiger partial charge on any atom is 0.123 e. The van der Waals surface area contributed by atoms with Gasteiger partial charge in [0.2, 0.25) is 0 Å². The summed E-state index contributed by atoms with van der Waals surface area (Å²) in [6.07, 6.45) is 1.08. The van der Waals surface area contributed by atoms with Gasteiger partial charge in [-0.1, -0.05) is 37.3 Å². The number of fused-ring (bicyclic) bond motifs is 1. The van der Waals surface area contributed by atoms with Crippen molar-refractivity contribution in [2.75, 3.05) is 18.0 Å². The van der Waals surface area contributed by atoms with E-state index in [0.717, 1.165) is 31.6 Å². The van der Waals surface area contributed by atoms with Crippen LogP contribution in [0.25, 0.3) is 0 Å². The van der Waals surface area contributed by atoms with E-state index in [1.807, 2.05) is 6.07 Å². The molecule has 21 heavy (non-hydrogen) atoms. The van der Waals surface area contributed by atoms with Gasteiger partial charge in [0.25, 0.3) is 0 Å². The third-order valence-corrected chi connectivity index (χ3v) is 4.05. The number of rotatable bonds is 4. The first-order chi connectivity index (χ1) is 10.3. The number of hydrogen-bond donors (Lipinski definition) is 1. The van der Waals surface area contributed by atoms with Crippen molar-refractivity contribution in [3.63, 3.8) is 0 Å². The van der Waals surface area contributed by atoms with Crippen LogP contribution < -0.4 is 10.2 Å². The lowest BCUT2D eigenvalue weighted by Gasteiger charge is -2.36. The lowest BCUT2D eigenvalue weighted by Crippen LogP contribution is -2.35. The van der Waals surface area contributed by atoms with E-state index >= 15 is 0 Å². The van der Waals surface area contributed by atoms with Crippen molar-refractivity contribution < 1.29 is 4.39 Å².